The minimum absolute atomic E-state index is 0.319. The number of halogens is 2. The van der Waals surface area contributed by atoms with Crippen LogP contribution in [0.2, 0.25) is 0 Å². The van der Waals surface area contributed by atoms with E-state index < -0.39 is 31.1 Å². The molecule has 94 valence electrons. The summed E-state index contributed by atoms with van der Waals surface area (Å²) in [5, 5.41) is 0. The predicted molar refractivity (Wildman–Crippen MR) is 52.0 cm³/mol. The minimum atomic E-state index is -3.07. The number of esters is 2. The SMILES string of the molecule is CCC(C)C(=O)OCC(=O)OCC(C)(F)F. The first kappa shape index (κ1) is 14.8. The molecule has 1 atom stereocenters. The Labute approximate surface area is 92.9 Å². The van der Waals surface area contributed by atoms with Crippen molar-refractivity contribution in [1.82, 2.24) is 0 Å². The number of carbonyl (C=O) groups excluding carboxylic acids is 2. The second kappa shape index (κ2) is 6.40. The quantitative estimate of drug-likeness (QED) is 0.662. The van der Waals surface area contributed by atoms with Crippen LogP contribution in [0.25, 0.3) is 0 Å². The zero-order valence-electron chi connectivity index (χ0n) is 9.59. The van der Waals surface area contributed by atoms with Crippen LogP contribution in [-0.2, 0) is 19.1 Å². The molecule has 0 fully saturated rings. The fourth-order valence-electron chi connectivity index (χ4n) is 0.688. The van der Waals surface area contributed by atoms with Gasteiger partial charge in [-0.3, -0.25) is 4.79 Å². The molecule has 0 bridgehead atoms. The van der Waals surface area contributed by atoms with Crippen LogP contribution in [0.1, 0.15) is 27.2 Å². The van der Waals surface area contributed by atoms with Gasteiger partial charge in [-0.15, -0.1) is 0 Å². The van der Waals surface area contributed by atoms with Gasteiger partial charge >= 0.3 is 11.9 Å². The third-order valence-electron chi connectivity index (χ3n) is 1.83. The van der Waals surface area contributed by atoms with Gasteiger partial charge < -0.3 is 9.47 Å². The maximum absolute atomic E-state index is 12.3. The summed E-state index contributed by atoms with van der Waals surface area (Å²) in [6.07, 6.45) is 0.584. The molecule has 0 amide bonds. The van der Waals surface area contributed by atoms with Crippen molar-refractivity contribution >= 4 is 11.9 Å². The highest BCUT2D eigenvalue weighted by Gasteiger charge is 2.24. The largest absolute Gasteiger partial charge is 0.457 e. The molecule has 0 radical (unpaired) electrons. The normalized spacial score (nSPS) is 13.1. The van der Waals surface area contributed by atoms with E-state index >= 15 is 0 Å². The van der Waals surface area contributed by atoms with E-state index in [4.69, 9.17) is 0 Å². The van der Waals surface area contributed by atoms with Crippen molar-refractivity contribution in [3.05, 3.63) is 0 Å². The van der Waals surface area contributed by atoms with Gasteiger partial charge in [-0.05, 0) is 6.42 Å². The van der Waals surface area contributed by atoms with Crippen molar-refractivity contribution in [2.45, 2.75) is 33.1 Å². The molecule has 0 N–H and O–H groups in total. The molecule has 0 saturated carbocycles. The predicted octanol–water partition coefficient (Wildman–Crippen LogP) is 1.77. The molecule has 0 aromatic heterocycles. The fourth-order valence-corrected chi connectivity index (χ4v) is 0.688. The summed E-state index contributed by atoms with van der Waals surface area (Å²) in [4.78, 5) is 22.0. The second-order valence-corrected chi connectivity index (χ2v) is 3.65. The summed E-state index contributed by atoms with van der Waals surface area (Å²) in [5.74, 6) is -4.91. The number of hydrogen-bond acceptors (Lipinski definition) is 4. The van der Waals surface area contributed by atoms with Gasteiger partial charge in [0.05, 0.1) is 5.92 Å². The van der Waals surface area contributed by atoms with E-state index in [-0.39, 0.29) is 5.92 Å². The number of hydrogen-bond donors (Lipinski definition) is 0. The highest BCUT2D eigenvalue weighted by molar-refractivity contribution is 5.77. The number of rotatable bonds is 6. The molecule has 0 heterocycles. The average Bonchev–Trinajstić information content (AvgIpc) is 2.20. The third-order valence-corrected chi connectivity index (χ3v) is 1.83. The molecule has 4 nitrogen and oxygen atoms in total. The molecule has 0 rings (SSSR count). The van der Waals surface area contributed by atoms with Crippen LogP contribution in [0.3, 0.4) is 0 Å². The Morgan fingerprint density at radius 2 is 1.88 bits per heavy atom. The highest BCUT2D eigenvalue weighted by Crippen LogP contribution is 2.11. The summed E-state index contributed by atoms with van der Waals surface area (Å²) in [7, 11) is 0. The monoisotopic (exact) mass is 238 g/mol. The second-order valence-electron chi connectivity index (χ2n) is 3.65. The molecule has 0 saturated heterocycles. The Bertz CT molecular complexity index is 248. The fraction of sp³-hybridized carbons (Fsp3) is 0.800. The summed E-state index contributed by atoms with van der Waals surface area (Å²) < 4.78 is 33.3. The van der Waals surface area contributed by atoms with Crippen molar-refractivity contribution in [1.29, 1.82) is 0 Å². The Morgan fingerprint density at radius 1 is 1.31 bits per heavy atom. The first-order chi connectivity index (χ1) is 7.26. The van der Waals surface area contributed by atoms with Crippen LogP contribution in [0, 0.1) is 5.92 Å². The van der Waals surface area contributed by atoms with Gasteiger partial charge in [-0.25, -0.2) is 13.6 Å². The summed E-state index contributed by atoms with van der Waals surface area (Å²) in [6, 6.07) is 0. The Balaban J connectivity index is 3.78. The van der Waals surface area contributed by atoms with Gasteiger partial charge in [0.15, 0.2) is 13.2 Å². The van der Waals surface area contributed by atoms with Crippen LogP contribution in [0.5, 0.6) is 0 Å². The van der Waals surface area contributed by atoms with Crippen molar-refractivity contribution < 1.29 is 27.8 Å². The van der Waals surface area contributed by atoms with E-state index in [9.17, 15) is 18.4 Å². The molecule has 0 aliphatic heterocycles. The van der Waals surface area contributed by atoms with Crippen molar-refractivity contribution in [2.75, 3.05) is 13.2 Å². The standard InChI is InChI=1S/C10H16F2O4/c1-4-7(2)9(14)15-5-8(13)16-6-10(3,11)12/h7H,4-6H2,1-3H3. The van der Waals surface area contributed by atoms with Gasteiger partial charge in [0.1, 0.15) is 0 Å². The number of alkyl halides is 2. The molecular formula is C10H16F2O4. The Kier molecular flexibility index (Phi) is 5.92. The number of ether oxygens (including phenoxy) is 2. The Morgan fingerprint density at radius 3 is 2.31 bits per heavy atom. The topological polar surface area (TPSA) is 52.6 Å². The van der Waals surface area contributed by atoms with Gasteiger partial charge in [0.2, 0.25) is 0 Å². The van der Waals surface area contributed by atoms with E-state index in [2.05, 4.69) is 9.47 Å². The highest BCUT2D eigenvalue weighted by atomic mass is 19.3. The Hall–Kier alpha value is -1.20. The van der Waals surface area contributed by atoms with Gasteiger partial charge in [0, 0.05) is 6.92 Å². The van der Waals surface area contributed by atoms with Crippen LogP contribution in [0.4, 0.5) is 8.78 Å². The van der Waals surface area contributed by atoms with Crippen molar-refractivity contribution in [3.8, 4) is 0 Å². The van der Waals surface area contributed by atoms with E-state index in [0.29, 0.717) is 13.3 Å². The third kappa shape index (κ3) is 7.14. The summed E-state index contributed by atoms with van der Waals surface area (Å²) in [5.41, 5.74) is 0. The molecule has 0 aliphatic rings. The van der Waals surface area contributed by atoms with E-state index in [1.807, 2.05) is 0 Å². The van der Waals surface area contributed by atoms with Gasteiger partial charge in [0.25, 0.3) is 5.92 Å². The smallest absolute Gasteiger partial charge is 0.344 e. The molecule has 1 unspecified atom stereocenters. The van der Waals surface area contributed by atoms with Crippen molar-refractivity contribution in [3.63, 3.8) is 0 Å². The minimum Gasteiger partial charge on any atom is -0.457 e. The first-order valence-electron chi connectivity index (χ1n) is 4.96. The molecule has 0 aliphatic carbocycles. The molecule has 0 aromatic carbocycles. The lowest BCUT2D eigenvalue weighted by atomic mass is 10.1. The maximum Gasteiger partial charge on any atom is 0.344 e. The lowest BCUT2D eigenvalue weighted by Crippen LogP contribution is -2.25. The van der Waals surface area contributed by atoms with Gasteiger partial charge in [-0.1, -0.05) is 13.8 Å². The average molecular weight is 238 g/mol. The lowest BCUT2D eigenvalue weighted by molar-refractivity contribution is -0.166. The van der Waals surface area contributed by atoms with Crippen molar-refractivity contribution in [2.24, 2.45) is 5.92 Å². The summed E-state index contributed by atoms with van der Waals surface area (Å²) >= 11 is 0. The molecule has 0 aromatic rings. The van der Waals surface area contributed by atoms with E-state index in [1.54, 1.807) is 13.8 Å². The summed E-state index contributed by atoms with van der Waals surface area (Å²) in [6.45, 7) is 2.44. The number of carbonyl (C=O) groups is 2. The van der Waals surface area contributed by atoms with Crippen LogP contribution in [0.15, 0.2) is 0 Å². The molecule has 0 spiro atoms. The first-order valence-corrected chi connectivity index (χ1v) is 4.96. The zero-order chi connectivity index (χ0) is 12.8. The van der Waals surface area contributed by atoms with Crippen LogP contribution >= 0.6 is 0 Å². The van der Waals surface area contributed by atoms with E-state index in [1.165, 1.54) is 0 Å². The van der Waals surface area contributed by atoms with Crippen LogP contribution in [-0.4, -0.2) is 31.1 Å². The maximum atomic E-state index is 12.3. The van der Waals surface area contributed by atoms with Crippen LogP contribution < -0.4 is 0 Å². The molecule has 16 heavy (non-hydrogen) atoms. The molecule has 6 heteroatoms. The van der Waals surface area contributed by atoms with Gasteiger partial charge in [-0.2, -0.15) is 0 Å². The lowest BCUT2D eigenvalue weighted by Gasteiger charge is -2.12. The zero-order valence-corrected chi connectivity index (χ0v) is 9.59. The molecular weight excluding hydrogens is 222 g/mol. The van der Waals surface area contributed by atoms with E-state index in [0.717, 1.165) is 0 Å².